The first-order chi connectivity index (χ1) is 14.0. The van der Waals surface area contributed by atoms with E-state index in [1.54, 1.807) is 0 Å². The van der Waals surface area contributed by atoms with E-state index in [1.165, 1.54) is 22.4 Å². The van der Waals surface area contributed by atoms with E-state index in [0.29, 0.717) is 5.91 Å². The van der Waals surface area contributed by atoms with E-state index < -0.39 is 0 Å². The largest absolute Gasteiger partial charge is 0.305 e. The van der Waals surface area contributed by atoms with E-state index in [0.717, 1.165) is 52.0 Å². The van der Waals surface area contributed by atoms with Gasteiger partial charge in [-0.1, -0.05) is 48.5 Å². The maximum atomic E-state index is 13.7. The normalized spacial score (nSPS) is 24.4. The number of piperazine rings is 1. The van der Waals surface area contributed by atoms with Crippen molar-refractivity contribution >= 4 is 11.6 Å². The van der Waals surface area contributed by atoms with Gasteiger partial charge in [0.2, 0.25) is 5.91 Å². The van der Waals surface area contributed by atoms with E-state index in [2.05, 4.69) is 77.1 Å². The molecule has 0 saturated carbocycles. The minimum Gasteiger partial charge on any atom is -0.305 e. The van der Waals surface area contributed by atoms with Crippen LogP contribution in [0.3, 0.4) is 0 Å². The zero-order valence-electron chi connectivity index (χ0n) is 17.6. The molecule has 0 aromatic heterocycles. The monoisotopic (exact) mass is 389 g/mol. The number of aryl methyl sites for hydroxylation is 1. The Hall–Kier alpha value is -2.17. The summed E-state index contributed by atoms with van der Waals surface area (Å²) >= 11 is 0. The average molecular weight is 390 g/mol. The highest BCUT2D eigenvalue weighted by Crippen LogP contribution is 2.44. The number of benzene rings is 2. The van der Waals surface area contributed by atoms with Crippen LogP contribution in [0.2, 0.25) is 0 Å². The third-order valence-corrected chi connectivity index (χ3v) is 6.94. The van der Waals surface area contributed by atoms with Gasteiger partial charge in [-0.25, -0.2) is 0 Å². The predicted octanol–water partition coefficient (Wildman–Crippen LogP) is 3.49. The van der Waals surface area contributed by atoms with Crippen LogP contribution in [-0.2, 0) is 24.2 Å². The highest BCUT2D eigenvalue weighted by molar-refractivity contribution is 6.02. The predicted molar refractivity (Wildman–Crippen MR) is 117 cm³/mol. The molecule has 5 rings (SSSR count). The molecule has 0 radical (unpaired) electrons. The van der Waals surface area contributed by atoms with Gasteiger partial charge in [-0.3, -0.25) is 14.6 Å². The SMILES string of the molecule is CC1(C)Cc2cccc3c2N1C(=O)C(N1CCN(Cc2ccccc2)CC1)CC3. The number of amides is 1. The number of para-hydroxylation sites is 1. The topological polar surface area (TPSA) is 26.8 Å². The van der Waals surface area contributed by atoms with E-state index >= 15 is 0 Å². The molecule has 1 unspecified atom stereocenters. The molecule has 29 heavy (non-hydrogen) atoms. The molecule has 3 heterocycles. The van der Waals surface area contributed by atoms with Crippen molar-refractivity contribution in [2.75, 3.05) is 31.1 Å². The van der Waals surface area contributed by atoms with Crippen molar-refractivity contribution in [1.29, 1.82) is 0 Å². The molecule has 2 aromatic carbocycles. The van der Waals surface area contributed by atoms with Crippen LogP contribution in [-0.4, -0.2) is 53.5 Å². The minimum atomic E-state index is -0.132. The van der Waals surface area contributed by atoms with Gasteiger partial charge < -0.3 is 4.90 Å². The molecule has 1 fully saturated rings. The fraction of sp³-hybridized carbons (Fsp3) is 0.480. The molecular formula is C25H31N3O. The summed E-state index contributed by atoms with van der Waals surface area (Å²) in [7, 11) is 0. The number of rotatable bonds is 3. The zero-order chi connectivity index (χ0) is 20.0. The number of carbonyl (C=O) groups is 1. The smallest absolute Gasteiger partial charge is 0.244 e. The molecule has 0 aliphatic carbocycles. The Morgan fingerprint density at radius 3 is 2.41 bits per heavy atom. The second kappa shape index (κ2) is 7.26. The van der Waals surface area contributed by atoms with Crippen LogP contribution in [0, 0.1) is 0 Å². The van der Waals surface area contributed by atoms with Gasteiger partial charge >= 0.3 is 0 Å². The number of anilines is 1. The summed E-state index contributed by atoms with van der Waals surface area (Å²) < 4.78 is 0. The maximum Gasteiger partial charge on any atom is 0.244 e. The summed E-state index contributed by atoms with van der Waals surface area (Å²) in [4.78, 5) is 20.8. The van der Waals surface area contributed by atoms with Crippen molar-refractivity contribution in [1.82, 2.24) is 9.80 Å². The van der Waals surface area contributed by atoms with Gasteiger partial charge in [-0.05, 0) is 49.8 Å². The number of nitrogens with zero attached hydrogens (tertiary/aromatic N) is 3. The van der Waals surface area contributed by atoms with Gasteiger partial charge in [0.1, 0.15) is 0 Å². The van der Waals surface area contributed by atoms with Crippen molar-refractivity contribution in [2.45, 2.75) is 51.2 Å². The second-order valence-electron chi connectivity index (χ2n) is 9.44. The molecule has 4 nitrogen and oxygen atoms in total. The van der Waals surface area contributed by atoms with E-state index in [-0.39, 0.29) is 11.6 Å². The first-order valence-corrected chi connectivity index (χ1v) is 11.0. The Morgan fingerprint density at radius 2 is 1.66 bits per heavy atom. The molecule has 1 saturated heterocycles. The molecule has 0 spiro atoms. The van der Waals surface area contributed by atoms with E-state index in [1.807, 2.05) is 0 Å². The van der Waals surface area contributed by atoms with Crippen LogP contribution in [0.1, 0.15) is 37.0 Å². The lowest BCUT2D eigenvalue weighted by atomic mass is 9.96. The van der Waals surface area contributed by atoms with E-state index in [9.17, 15) is 4.79 Å². The lowest BCUT2D eigenvalue weighted by Gasteiger charge is -2.41. The quantitative estimate of drug-likeness (QED) is 0.804. The maximum absolute atomic E-state index is 13.7. The van der Waals surface area contributed by atoms with Crippen LogP contribution in [0.5, 0.6) is 0 Å². The third kappa shape index (κ3) is 3.38. The Morgan fingerprint density at radius 1 is 0.931 bits per heavy atom. The zero-order valence-corrected chi connectivity index (χ0v) is 17.6. The molecule has 0 N–H and O–H groups in total. The fourth-order valence-corrected chi connectivity index (χ4v) is 5.51. The van der Waals surface area contributed by atoms with Gasteiger partial charge in [-0.15, -0.1) is 0 Å². The van der Waals surface area contributed by atoms with Gasteiger partial charge in [-0.2, -0.15) is 0 Å². The lowest BCUT2D eigenvalue weighted by molar-refractivity contribution is -0.125. The molecule has 3 aliphatic rings. The van der Waals surface area contributed by atoms with Crippen molar-refractivity contribution < 1.29 is 4.79 Å². The summed E-state index contributed by atoms with van der Waals surface area (Å²) in [5.41, 5.74) is 5.15. The Bertz CT molecular complexity index is 900. The van der Waals surface area contributed by atoms with Crippen molar-refractivity contribution in [3.8, 4) is 0 Å². The van der Waals surface area contributed by atoms with Crippen LogP contribution >= 0.6 is 0 Å². The first-order valence-electron chi connectivity index (χ1n) is 11.0. The van der Waals surface area contributed by atoms with Gasteiger partial charge in [0.05, 0.1) is 11.7 Å². The Labute approximate surface area is 174 Å². The van der Waals surface area contributed by atoms with Crippen molar-refractivity contribution in [2.24, 2.45) is 0 Å². The van der Waals surface area contributed by atoms with Gasteiger partial charge in [0.25, 0.3) is 0 Å². The van der Waals surface area contributed by atoms with Crippen LogP contribution in [0.15, 0.2) is 48.5 Å². The molecule has 0 bridgehead atoms. The Balaban J connectivity index is 1.31. The summed E-state index contributed by atoms with van der Waals surface area (Å²) in [6.45, 7) is 9.44. The summed E-state index contributed by atoms with van der Waals surface area (Å²) in [6.07, 6.45) is 2.89. The molecule has 2 aromatic rings. The highest BCUT2D eigenvalue weighted by Gasteiger charge is 2.46. The average Bonchev–Trinajstić information content (AvgIpc) is 2.89. The first kappa shape index (κ1) is 18.8. The van der Waals surface area contributed by atoms with Crippen LogP contribution in [0.4, 0.5) is 5.69 Å². The minimum absolute atomic E-state index is 0.00602. The Kier molecular flexibility index (Phi) is 4.72. The second-order valence-corrected chi connectivity index (χ2v) is 9.44. The van der Waals surface area contributed by atoms with Crippen molar-refractivity contribution in [3.05, 3.63) is 65.2 Å². The van der Waals surface area contributed by atoms with Crippen LogP contribution < -0.4 is 4.90 Å². The molecular weight excluding hydrogens is 358 g/mol. The molecule has 3 aliphatic heterocycles. The van der Waals surface area contributed by atoms with Gasteiger partial charge in [0, 0.05) is 38.3 Å². The number of hydrogen-bond donors (Lipinski definition) is 0. The molecule has 1 atom stereocenters. The fourth-order valence-electron chi connectivity index (χ4n) is 5.51. The molecule has 4 heteroatoms. The lowest BCUT2D eigenvalue weighted by Crippen LogP contribution is -2.58. The standard InChI is InChI=1S/C25H31N3O/c1-25(2)17-21-10-6-9-20-11-12-22(24(29)28(25)23(20)21)27-15-13-26(14-16-27)18-19-7-4-3-5-8-19/h3-10,22H,11-18H2,1-2H3. The molecule has 152 valence electrons. The number of carbonyl (C=O) groups excluding carboxylic acids is 1. The highest BCUT2D eigenvalue weighted by atomic mass is 16.2. The van der Waals surface area contributed by atoms with Gasteiger partial charge in [0.15, 0.2) is 0 Å². The molecule has 1 amide bonds. The third-order valence-electron chi connectivity index (χ3n) is 6.94. The summed E-state index contributed by atoms with van der Waals surface area (Å²) in [5, 5.41) is 0. The van der Waals surface area contributed by atoms with Crippen LogP contribution in [0.25, 0.3) is 0 Å². The van der Waals surface area contributed by atoms with E-state index in [4.69, 9.17) is 0 Å². The summed E-state index contributed by atoms with van der Waals surface area (Å²) in [5.74, 6) is 0.315. The number of hydrogen-bond acceptors (Lipinski definition) is 3. The van der Waals surface area contributed by atoms with Crippen molar-refractivity contribution in [3.63, 3.8) is 0 Å². The summed E-state index contributed by atoms with van der Waals surface area (Å²) in [6, 6.07) is 17.3.